The zero-order chi connectivity index (χ0) is 20.5. The highest BCUT2D eigenvalue weighted by Crippen LogP contribution is 2.37. The fraction of sp³-hybridized carbons (Fsp3) is 0.263. The van der Waals surface area contributed by atoms with Crippen LogP contribution in [0.1, 0.15) is 30.0 Å². The molecule has 0 saturated heterocycles. The van der Waals surface area contributed by atoms with Crippen molar-refractivity contribution in [3.63, 3.8) is 0 Å². The molecular weight excluding hydrogens is 421 g/mol. The summed E-state index contributed by atoms with van der Waals surface area (Å²) in [4.78, 5) is 24.7. The van der Waals surface area contributed by atoms with Crippen molar-refractivity contribution in [3.8, 4) is 11.4 Å². The van der Waals surface area contributed by atoms with Crippen molar-refractivity contribution in [2.24, 2.45) is 5.73 Å². The molecule has 28 heavy (non-hydrogen) atoms. The molecule has 0 unspecified atom stereocenters. The second kappa shape index (κ2) is 7.79. The van der Waals surface area contributed by atoms with Crippen molar-refractivity contribution in [3.05, 3.63) is 47.8 Å². The maximum absolute atomic E-state index is 11.9. The second-order valence-electron chi connectivity index (χ2n) is 7.01. The molecule has 0 aliphatic heterocycles. The maximum atomic E-state index is 11.9. The predicted octanol–water partition coefficient (Wildman–Crippen LogP) is 4.48. The molecule has 9 heteroatoms. The Balaban J connectivity index is 2.18. The minimum absolute atomic E-state index is 0.0511. The summed E-state index contributed by atoms with van der Waals surface area (Å²) < 4.78 is -1.86. The van der Waals surface area contributed by atoms with Crippen molar-refractivity contribution in [1.29, 1.82) is 0 Å². The van der Waals surface area contributed by atoms with Gasteiger partial charge >= 0.3 is 0 Å². The number of carbonyl (C=O) groups is 1. The minimum Gasteiger partial charge on any atom is -0.352 e. The number of benzene rings is 2. The molecule has 0 fully saturated rings. The summed E-state index contributed by atoms with van der Waals surface area (Å²) in [7, 11) is 0. The van der Waals surface area contributed by atoms with Crippen LogP contribution < -0.4 is 11.1 Å². The fourth-order valence-electron chi connectivity index (χ4n) is 2.63. The van der Waals surface area contributed by atoms with Crippen LogP contribution in [0.4, 0.5) is 5.95 Å². The molecule has 1 aromatic heterocycles. The van der Waals surface area contributed by atoms with E-state index in [1.807, 2.05) is 44.2 Å². The quantitative estimate of drug-likeness (QED) is 0.450. The van der Waals surface area contributed by atoms with E-state index >= 15 is 0 Å². The third kappa shape index (κ3) is 4.70. The van der Waals surface area contributed by atoms with Gasteiger partial charge in [0, 0.05) is 23.2 Å². The number of nitrogens with one attached hydrogen (secondary N) is 1. The average molecular weight is 439 g/mol. The zero-order valence-corrected chi connectivity index (χ0v) is 17.5. The van der Waals surface area contributed by atoms with Gasteiger partial charge in [0.25, 0.3) is 0 Å². The smallest absolute Gasteiger partial charge is 0.250 e. The standard InChI is InChI=1S/C19H18Cl3N5O/c1-18(2,23)10-24-17-26-15(25-16(27-17)19(20,21)22)13-8-7-11-5-3-4-6-12(11)14(13)9-28/h3-9H,10,23H2,1-2H3,(H,24,25,26,27). The minimum atomic E-state index is -1.86. The number of carbonyl (C=O) groups excluding carboxylic acids is 1. The molecule has 1 heterocycles. The van der Waals surface area contributed by atoms with Gasteiger partial charge in [-0.3, -0.25) is 4.79 Å². The third-order valence-electron chi connectivity index (χ3n) is 3.92. The number of hydrogen-bond donors (Lipinski definition) is 2. The summed E-state index contributed by atoms with van der Waals surface area (Å²) in [5.74, 6) is 0.376. The van der Waals surface area contributed by atoms with Crippen LogP contribution in [0, 0.1) is 0 Å². The molecular formula is C19H18Cl3N5O. The first-order valence-electron chi connectivity index (χ1n) is 8.42. The summed E-state index contributed by atoms with van der Waals surface area (Å²) in [6, 6.07) is 11.2. The number of rotatable bonds is 5. The Labute approximate surface area is 177 Å². The summed E-state index contributed by atoms with van der Waals surface area (Å²) in [5.41, 5.74) is 6.46. The molecule has 6 nitrogen and oxygen atoms in total. The molecule has 3 aromatic rings. The molecule has 0 aliphatic rings. The Morgan fingerprint density at radius 3 is 2.43 bits per heavy atom. The van der Waals surface area contributed by atoms with E-state index in [1.54, 1.807) is 6.07 Å². The highest BCUT2D eigenvalue weighted by molar-refractivity contribution is 6.66. The van der Waals surface area contributed by atoms with Crippen LogP contribution in [-0.4, -0.2) is 33.3 Å². The van der Waals surface area contributed by atoms with Crippen LogP contribution >= 0.6 is 34.8 Å². The molecule has 3 rings (SSSR count). The number of fused-ring (bicyclic) bond motifs is 1. The van der Waals surface area contributed by atoms with E-state index in [1.165, 1.54) is 0 Å². The Hall–Kier alpha value is -1.99. The number of nitrogens with zero attached hydrogens (tertiary/aromatic N) is 3. The van der Waals surface area contributed by atoms with E-state index in [0.29, 0.717) is 17.7 Å². The van der Waals surface area contributed by atoms with E-state index in [-0.39, 0.29) is 17.6 Å². The molecule has 0 aliphatic carbocycles. The molecule has 0 amide bonds. The number of nitrogens with two attached hydrogens (primary N) is 1. The first kappa shape index (κ1) is 20.7. The van der Waals surface area contributed by atoms with Crippen molar-refractivity contribution in [1.82, 2.24) is 15.0 Å². The van der Waals surface area contributed by atoms with E-state index < -0.39 is 9.33 Å². The van der Waals surface area contributed by atoms with Crippen LogP contribution in [0.5, 0.6) is 0 Å². The molecule has 0 atom stereocenters. The first-order valence-corrected chi connectivity index (χ1v) is 9.55. The number of anilines is 1. The van der Waals surface area contributed by atoms with Gasteiger partial charge in [-0.05, 0) is 30.7 Å². The summed E-state index contributed by atoms with van der Waals surface area (Å²) in [6.07, 6.45) is 0.770. The molecule has 146 valence electrons. The Kier molecular flexibility index (Phi) is 5.77. The lowest BCUT2D eigenvalue weighted by Gasteiger charge is -2.20. The number of halogens is 3. The summed E-state index contributed by atoms with van der Waals surface area (Å²) in [6.45, 7) is 4.09. The zero-order valence-electron chi connectivity index (χ0n) is 15.2. The van der Waals surface area contributed by atoms with Gasteiger partial charge in [-0.1, -0.05) is 65.1 Å². The molecule has 2 aromatic carbocycles. The number of aromatic nitrogens is 3. The van der Waals surface area contributed by atoms with E-state index in [9.17, 15) is 4.79 Å². The topological polar surface area (TPSA) is 93.8 Å². The summed E-state index contributed by atoms with van der Waals surface area (Å²) in [5, 5.41) is 4.73. The van der Waals surface area contributed by atoms with Crippen LogP contribution in [0.25, 0.3) is 22.2 Å². The van der Waals surface area contributed by atoms with Crippen LogP contribution in [-0.2, 0) is 3.79 Å². The van der Waals surface area contributed by atoms with Crippen LogP contribution in [0.15, 0.2) is 36.4 Å². The lowest BCUT2D eigenvalue weighted by molar-refractivity contribution is 0.112. The summed E-state index contributed by atoms with van der Waals surface area (Å²) >= 11 is 18.0. The highest BCUT2D eigenvalue weighted by atomic mass is 35.6. The monoisotopic (exact) mass is 437 g/mol. The Morgan fingerprint density at radius 2 is 1.79 bits per heavy atom. The van der Waals surface area contributed by atoms with Crippen LogP contribution in [0.3, 0.4) is 0 Å². The number of aldehydes is 1. The Bertz CT molecular complexity index is 1030. The maximum Gasteiger partial charge on any atom is 0.250 e. The first-order chi connectivity index (χ1) is 13.1. The number of hydrogen-bond acceptors (Lipinski definition) is 6. The third-order valence-corrected chi connectivity index (χ3v) is 4.43. The van der Waals surface area contributed by atoms with Gasteiger partial charge in [-0.2, -0.15) is 9.97 Å². The van der Waals surface area contributed by atoms with Gasteiger partial charge in [-0.15, -0.1) is 0 Å². The average Bonchev–Trinajstić information content (AvgIpc) is 2.64. The molecule has 0 saturated carbocycles. The van der Waals surface area contributed by atoms with Gasteiger partial charge in [0.1, 0.15) is 0 Å². The molecule has 0 bridgehead atoms. The second-order valence-corrected chi connectivity index (χ2v) is 9.29. The molecule has 3 N–H and O–H groups in total. The van der Waals surface area contributed by atoms with Gasteiger partial charge < -0.3 is 11.1 Å². The van der Waals surface area contributed by atoms with Gasteiger partial charge in [0.2, 0.25) is 9.74 Å². The van der Waals surface area contributed by atoms with Crippen molar-refractivity contribution < 1.29 is 4.79 Å². The SMILES string of the molecule is CC(C)(N)CNc1nc(-c2ccc3ccccc3c2C=O)nc(C(Cl)(Cl)Cl)n1. The van der Waals surface area contributed by atoms with Crippen molar-refractivity contribution in [2.45, 2.75) is 23.2 Å². The van der Waals surface area contributed by atoms with Gasteiger partial charge in [-0.25, -0.2) is 4.98 Å². The largest absolute Gasteiger partial charge is 0.352 e. The lowest BCUT2D eigenvalue weighted by Crippen LogP contribution is -2.40. The van der Waals surface area contributed by atoms with E-state index in [0.717, 1.165) is 17.1 Å². The van der Waals surface area contributed by atoms with Crippen molar-refractivity contribution >= 4 is 57.8 Å². The van der Waals surface area contributed by atoms with Gasteiger partial charge in [0.15, 0.2) is 17.9 Å². The Morgan fingerprint density at radius 1 is 1.07 bits per heavy atom. The fourth-order valence-corrected chi connectivity index (χ4v) is 2.88. The molecule has 0 radical (unpaired) electrons. The predicted molar refractivity (Wildman–Crippen MR) is 114 cm³/mol. The van der Waals surface area contributed by atoms with Gasteiger partial charge in [0.05, 0.1) is 0 Å². The molecule has 0 spiro atoms. The van der Waals surface area contributed by atoms with Crippen LogP contribution in [0.2, 0.25) is 0 Å². The highest BCUT2D eigenvalue weighted by Gasteiger charge is 2.29. The van der Waals surface area contributed by atoms with E-state index in [4.69, 9.17) is 40.5 Å². The van der Waals surface area contributed by atoms with E-state index in [2.05, 4.69) is 20.3 Å². The number of alkyl halides is 3. The van der Waals surface area contributed by atoms with Crippen molar-refractivity contribution in [2.75, 3.05) is 11.9 Å². The lowest BCUT2D eigenvalue weighted by atomic mass is 9.99. The normalized spacial score (nSPS) is 12.2.